The van der Waals surface area contributed by atoms with Crippen LogP contribution >= 0.6 is 23.2 Å². The maximum atomic E-state index is 5.50. The average Bonchev–Trinajstić information content (AvgIpc) is 2.08. The Morgan fingerprint density at radius 1 is 1.62 bits per heavy atom. The Morgan fingerprint density at radius 2 is 2.38 bits per heavy atom. The van der Waals surface area contributed by atoms with Crippen LogP contribution in [0.1, 0.15) is 19.8 Å². The van der Waals surface area contributed by atoms with Gasteiger partial charge in [0.25, 0.3) is 0 Å². The minimum atomic E-state index is 0.337. The van der Waals surface area contributed by atoms with E-state index in [4.69, 9.17) is 23.2 Å². The van der Waals surface area contributed by atoms with Crippen molar-refractivity contribution < 1.29 is 0 Å². The molecule has 4 heteroatoms. The fraction of sp³-hybridized carbons (Fsp3) is 0.778. The molecule has 1 heterocycles. The second-order valence-corrected chi connectivity index (χ2v) is 4.40. The fourth-order valence-corrected chi connectivity index (χ4v) is 1.76. The Kier molecular flexibility index (Phi) is 5.10. The molecule has 1 saturated heterocycles. The van der Waals surface area contributed by atoms with Gasteiger partial charge in [0, 0.05) is 18.6 Å². The summed E-state index contributed by atoms with van der Waals surface area (Å²) in [5, 5.41) is 6.82. The van der Waals surface area contributed by atoms with E-state index < -0.39 is 0 Å². The molecule has 0 bridgehead atoms. The zero-order chi connectivity index (χ0) is 9.68. The molecule has 2 unspecified atom stereocenters. The first-order valence-corrected chi connectivity index (χ1v) is 5.43. The summed E-state index contributed by atoms with van der Waals surface area (Å²) in [7, 11) is 0. The third-order valence-electron chi connectivity index (χ3n) is 2.40. The molecule has 0 spiro atoms. The fourth-order valence-electron chi connectivity index (χ4n) is 1.61. The summed E-state index contributed by atoms with van der Waals surface area (Å²) in [5.74, 6) is 0. The Hall–Kier alpha value is 0.240. The lowest BCUT2D eigenvalue weighted by Crippen LogP contribution is -2.50. The minimum absolute atomic E-state index is 0.337. The van der Waals surface area contributed by atoms with E-state index in [0.29, 0.717) is 16.6 Å². The van der Waals surface area contributed by atoms with Crippen molar-refractivity contribution in [1.82, 2.24) is 10.6 Å². The molecule has 0 aromatic rings. The van der Waals surface area contributed by atoms with E-state index in [1.807, 2.05) is 0 Å². The lowest BCUT2D eigenvalue weighted by molar-refractivity contribution is 0.325. The molecular formula is C9H16Cl2N2. The van der Waals surface area contributed by atoms with Crippen molar-refractivity contribution in [2.24, 2.45) is 0 Å². The van der Waals surface area contributed by atoms with Gasteiger partial charge in [-0.2, -0.15) is 0 Å². The average molecular weight is 223 g/mol. The number of hydrogen-bond acceptors (Lipinski definition) is 2. The standard InChI is InChI=1S/C9H16Cl2N2/c1-7-8(3-2-5-12-7)13-6-4-9(10)11/h4,7-8,12-13H,2-3,5-6H2,1H3. The molecule has 1 rings (SSSR count). The van der Waals surface area contributed by atoms with Gasteiger partial charge in [-0.1, -0.05) is 23.2 Å². The molecule has 0 radical (unpaired) electrons. The van der Waals surface area contributed by atoms with Gasteiger partial charge in [0.05, 0.1) is 0 Å². The van der Waals surface area contributed by atoms with E-state index in [-0.39, 0.29) is 0 Å². The Bertz CT molecular complexity index is 178. The Balaban J connectivity index is 2.23. The molecule has 13 heavy (non-hydrogen) atoms. The van der Waals surface area contributed by atoms with Crippen LogP contribution in [0.2, 0.25) is 0 Å². The normalized spacial score (nSPS) is 28.5. The Labute approximate surface area is 89.7 Å². The molecule has 2 atom stereocenters. The highest BCUT2D eigenvalue weighted by Gasteiger charge is 2.18. The van der Waals surface area contributed by atoms with Gasteiger partial charge in [0.15, 0.2) is 0 Å². The molecule has 0 saturated carbocycles. The minimum Gasteiger partial charge on any atom is -0.313 e. The molecule has 1 fully saturated rings. The van der Waals surface area contributed by atoms with Crippen LogP contribution in [-0.4, -0.2) is 25.2 Å². The number of halogens is 2. The van der Waals surface area contributed by atoms with Crippen molar-refractivity contribution in [2.45, 2.75) is 31.8 Å². The van der Waals surface area contributed by atoms with Crippen LogP contribution in [0.25, 0.3) is 0 Å². The van der Waals surface area contributed by atoms with Crippen LogP contribution < -0.4 is 10.6 Å². The number of hydrogen-bond donors (Lipinski definition) is 2. The molecule has 0 aromatic heterocycles. The number of rotatable bonds is 3. The predicted molar refractivity (Wildman–Crippen MR) is 58.3 cm³/mol. The largest absolute Gasteiger partial charge is 0.313 e. The number of piperidine rings is 1. The van der Waals surface area contributed by atoms with Gasteiger partial charge >= 0.3 is 0 Å². The van der Waals surface area contributed by atoms with E-state index in [1.165, 1.54) is 12.8 Å². The summed E-state index contributed by atoms with van der Waals surface area (Å²) in [6.07, 6.45) is 4.24. The molecule has 1 aliphatic heterocycles. The van der Waals surface area contributed by atoms with Crippen LogP contribution in [-0.2, 0) is 0 Å². The third-order valence-corrected chi connectivity index (χ3v) is 2.71. The van der Waals surface area contributed by atoms with E-state index in [2.05, 4.69) is 17.6 Å². The molecule has 0 aromatic carbocycles. The second-order valence-electron chi connectivity index (χ2n) is 3.39. The maximum Gasteiger partial charge on any atom is 0.104 e. The smallest absolute Gasteiger partial charge is 0.104 e. The molecule has 2 N–H and O–H groups in total. The van der Waals surface area contributed by atoms with Crippen molar-refractivity contribution >= 4 is 23.2 Å². The van der Waals surface area contributed by atoms with Gasteiger partial charge in [-0.25, -0.2) is 0 Å². The lowest BCUT2D eigenvalue weighted by Gasteiger charge is -2.30. The summed E-state index contributed by atoms with van der Waals surface area (Å²) in [6, 6.07) is 1.08. The Morgan fingerprint density at radius 3 is 3.00 bits per heavy atom. The van der Waals surface area contributed by atoms with Gasteiger partial charge < -0.3 is 10.6 Å². The predicted octanol–water partition coefficient (Wildman–Crippen LogP) is 2.04. The first-order chi connectivity index (χ1) is 6.20. The van der Waals surface area contributed by atoms with Gasteiger partial charge in [0.2, 0.25) is 0 Å². The SMILES string of the molecule is CC1NCCCC1NCC=C(Cl)Cl. The van der Waals surface area contributed by atoms with Crippen LogP contribution in [0.15, 0.2) is 10.6 Å². The van der Waals surface area contributed by atoms with Crippen LogP contribution in [0.4, 0.5) is 0 Å². The highest BCUT2D eigenvalue weighted by atomic mass is 35.5. The molecule has 76 valence electrons. The molecule has 1 aliphatic rings. The highest BCUT2D eigenvalue weighted by molar-refractivity contribution is 6.55. The van der Waals surface area contributed by atoms with Crippen molar-refractivity contribution in [2.75, 3.05) is 13.1 Å². The zero-order valence-corrected chi connectivity index (χ0v) is 9.33. The van der Waals surface area contributed by atoms with Crippen LogP contribution in [0.5, 0.6) is 0 Å². The van der Waals surface area contributed by atoms with Gasteiger partial charge in [-0.3, -0.25) is 0 Å². The summed E-state index contributed by atoms with van der Waals surface area (Å²) in [4.78, 5) is 0. The third kappa shape index (κ3) is 4.32. The number of nitrogens with one attached hydrogen (secondary N) is 2. The monoisotopic (exact) mass is 222 g/mol. The summed E-state index contributed by atoms with van der Waals surface area (Å²) < 4.78 is 0.337. The summed E-state index contributed by atoms with van der Waals surface area (Å²) >= 11 is 11.0. The lowest BCUT2D eigenvalue weighted by atomic mass is 10.00. The van der Waals surface area contributed by atoms with E-state index in [0.717, 1.165) is 13.1 Å². The van der Waals surface area contributed by atoms with Gasteiger partial charge in [-0.05, 0) is 32.4 Å². The van der Waals surface area contributed by atoms with Crippen molar-refractivity contribution in [3.8, 4) is 0 Å². The van der Waals surface area contributed by atoms with Crippen molar-refractivity contribution in [1.29, 1.82) is 0 Å². The second kappa shape index (κ2) is 5.86. The first-order valence-electron chi connectivity index (χ1n) is 4.68. The molecule has 2 nitrogen and oxygen atoms in total. The molecular weight excluding hydrogens is 207 g/mol. The summed E-state index contributed by atoms with van der Waals surface area (Å²) in [6.45, 7) is 4.08. The van der Waals surface area contributed by atoms with Crippen molar-refractivity contribution in [3.63, 3.8) is 0 Å². The van der Waals surface area contributed by atoms with Gasteiger partial charge in [0.1, 0.15) is 4.49 Å². The quantitative estimate of drug-likeness (QED) is 0.765. The topological polar surface area (TPSA) is 24.1 Å². The van der Waals surface area contributed by atoms with E-state index >= 15 is 0 Å². The van der Waals surface area contributed by atoms with Crippen LogP contribution in [0.3, 0.4) is 0 Å². The van der Waals surface area contributed by atoms with Gasteiger partial charge in [-0.15, -0.1) is 0 Å². The zero-order valence-electron chi connectivity index (χ0n) is 7.82. The molecule has 0 amide bonds. The highest BCUT2D eigenvalue weighted by Crippen LogP contribution is 2.09. The summed E-state index contributed by atoms with van der Waals surface area (Å²) in [5.41, 5.74) is 0. The van der Waals surface area contributed by atoms with E-state index in [1.54, 1.807) is 6.08 Å². The maximum absolute atomic E-state index is 5.50. The molecule has 0 aliphatic carbocycles. The van der Waals surface area contributed by atoms with E-state index in [9.17, 15) is 0 Å². The van der Waals surface area contributed by atoms with Crippen molar-refractivity contribution in [3.05, 3.63) is 10.6 Å². The van der Waals surface area contributed by atoms with Crippen LogP contribution in [0, 0.1) is 0 Å². The first kappa shape index (κ1) is 11.3.